The van der Waals surface area contributed by atoms with E-state index < -0.39 is 0 Å². The molecule has 0 N–H and O–H groups in total. The number of hydrogen-bond donors (Lipinski definition) is 0. The van der Waals surface area contributed by atoms with Gasteiger partial charge in [-0.15, -0.1) is 0 Å². The SMILES string of the molecule is COc1cccc(/C=C2\SC(=Nc3cc(C)ccc3C)N(C)C2=O)c1. The molecule has 1 heterocycles. The average Bonchev–Trinajstić information content (AvgIpc) is 2.86. The molecule has 0 saturated carbocycles. The molecule has 3 rings (SSSR count). The van der Waals surface area contributed by atoms with E-state index in [4.69, 9.17) is 9.73 Å². The number of amides is 1. The van der Waals surface area contributed by atoms with E-state index in [0.717, 1.165) is 28.1 Å². The molecule has 1 saturated heterocycles. The van der Waals surface area contributed by atoms with Gasteiger partial charge in [-0.3, -0.25) is 9.69 Å². The summed E-state index contributed by atoms with van der Waals surface area (Å²) >= 11 is 1.39. The molecule has 1 amide bonds. The summed E-state index contributed by atoms with van der Waals surface area (Å²) in [7, 11) is 3.39. The highest BCUT2D eigenvalue weighted by Crippen LogP contribution is 2.34. The summed E-state index contributed by atoms with van der Waals surface area (Å²) in [6.07, 6.45) is 1.87. The first-order valence-electron chi connectivity index (χ1n) is 7.95. The second-order valence-corrected chi connectivity index (χ2v) is 6.94. The lowest BCUT2D eigenvalue weighted by atomic mass is 10.1. The number of thioether (sulfide) groups is 1. The molecule has 0 atom stereocenters. The molecular formula is C20H20N2O2S. The first-order valence-corrected chi connectivity index (χ1v) is 8.77. The van der Waals surface area contributed by atoms with E-state index in [0.29, 0.717) is 10.1 Å². The number of carbonyl (C=O) groups is 1. The minimum absolute atomic E-state index is 0.0446. The maximum absolute atomic E-state index is 12.5. The largest absolute Gasteiger partial charge is 0.497 e. The van der Waals surface area contributed by atoms with Crippen molar-refractivity contribution in [1.82, 2.24) is 4.90 Å². The number of rotatable bonds is 3. The van der Waals surface area contributed by atoms with Crippen LogP contribution in [0.3, 0.4) is 0 Å². The molecule has 2 aromatic carbocycles. The first kappa shape index (κ1) is 17.3. The summed E-state index contributed by atoms with van der Waals surface area (Å²) in [4.78, 5) is 19.5. The van der Waals surface area contributed by atoms with Crippen LogP contribution in [0.15, 0.2) is 52.4 Å². The fourth-order valence-corrected chi connectivity index (χ4v) is 3.46. The van der Waals surface area contributed by atoms with E-state index in [1.165, 1.54) is 11.8 Å². The monoisotopic (exact) mass is 352 g/mol. The third-order valence-electron chi connectivity index (χ3n) is 3.98. The molecule has 0 unspecified atom stereocenters. The van der Waals surface area contributed by atoms with Gasteiger partial charge in [0.1, 0.15) is 5.75 Å². The van der Waals surface area contributed by atoms with Crippen molar-refractivity contribution in [1.29, 1.82) is 0 Å². The Hall–Kier alpha value is -2.53. The predicted molar refractivity (Wildman–Crippen MR) is 104 cm³/mol. The molecule has 4 nitrogen and oxygen atoms in total. The summed E-state index contributed by atoms with van der Waals surface area (Å²) < 4.78 is 5.24. The Morgan fingerprint density at radius 3 is 2.72 bits per heavy atom. The van der Waals surface area contributed by atoms with Crippen molar-refractivity contribution in [3.05, 3.63) is 64.1 Å². The highest BCUT2D eigenvalue weighted by molar-refractivity contribution is 8.18. The molecule has 25 heavy (non-hydrogen) atoms. The van der Waals surface area contributed by atoms with Crippen molar-refractivity contribution in [2.45, 2.75) is 13.8 Å². The van der Waals surface area contributed by atoms with Crippen LogP contribution in [0.25, 0.3) is 6.08 Å². The molecule has 1 aliphatic rings. The normalized spacial score (nSPS) is 17.6. The number of aryl methyl sites for hydroxylation is 2. The number of ether oxygens (including phenoxy) is 1. The highest BCUT2D eigenvalue weighted by atomic mass is 32.2. The second kappa shape index (κ2) is 7.15. The zero-order valence-electron chi connectivity index (χ0n) is 14.7. The van der Waals surface area contributed by atoms with Crippen molar-refractivity contribution >= 4 is 34.6 Å². The molecule has 0 aromatic heterocycles. The Kier molecular flexibility index (Phi) is 4.95. The van der Waals surface area contributed by atoms with Crippen LogP contribution in [0.4, 0.5) is 5.69 Å². The van der Waals surface area contributed by atoms with E-state index in [2.05, 4.69) is 6.07 Å². The van der Waals surface area contributed by atoms with Crippen LogP contribution in [-0.2, 0) is 4.79 Å². The van der Waals surface area contributed by atoms with Gasteiger partial charge in [-0.1, -0.05) is 24.3 Å². The molecule has 0 radical (unpaired) electrons. The van der Waals surface area contributed by atoms with Crippen LogP contribution < -0.4 is 4.74 Å². The zero-order chi connectivity index (χ0) is 18.0. The molecule has 0 aliphatic carbocycles. The van der Waals surface area contributed by atoms with E-state index in [9.17, 15) is 4.79 Å². The van der Waals surface area contributed by atoms with Crippen LogP contribution in [0.2, 0.25) is 0 Å². The molecular weight excluding hydrogens is 332 g/mol. The number of aliphatic imine (C=N–C) groups is 1. The number of hydrogen-bond acceptors (Lipinski definition) is 4. The number of nitrogens with zero attached hydrogens (tertiary/aromatic N) is 2. The summed E-state index contributed by atoms with van der Waals surface area (Å²) in [6, 6.07) is 13.8. The van der Waals surface area contributed by atoms with Crippen molar-refractivity contribution in [2.75, 3.05) is 14.2 Å². The fraction of sp³-hybridized carbons (Fsp3) is 0.200. The van der Waals surface area contributed by atoms with Crippen LogP contribution in [-0.4, -0.2) is 30.1 Å². The van der Waals surface area contributed by atoms with Crippen molar-refractivity contribution in [2.24, 2.45) is 4.99 Å². The molecule has 2 aromatic rings. The molecule has 0 bridgehead atoms. The number of amidine groups is 1. The Morgan fingerprint density at radius 1 is 1.16 bits per heavy atom. The minimum atomic E-state index is -0.0446. The molecule has 1 fully saturated rings. The minimum Gasteiger partial charge on any atom is -0.497 e. The van der Waals surface area contributed by atoms with E-state index in [1.807, 2.05) is 56.3 Å². The molecule has 1 aliphatic heterocycles. The smallest absolute Gasteiger partial charge is 0.266 e. The Bertz CT molecular complexity index is 887. The van der Waals surface area contributed by atoms with Gasteiger partial charge in [-0.25, -0.2) is 4.99 Å². The van der Waals surface area contributed by atoms with Crippen LogP contribution in [0.5, 0.6) is 5.75 Å². The Balaban J connectivity index is 1.93. The average molecular weight is 352 g/mol. The van der Waals surface area contributed by atoms with Gasteiger partial charge in [0, 0.05) is 7.05 Å². The standard InChI is InChI=1S/C20H20N2O2S/c1-13-8-9-14(2)17(10-13)21-20-22(3)19(23)18(25-20)12-15-6-5-7-16(11-15)24-4/h5-12H,1-4H3/b18-12-,21-20?. The summed E-state index contributed by atoms with van der Waals surface area (Å²) in [5.41, 5.74) is 4.06. The van der Waals surface area contributed by atoms with Crippen molar-refractivity contribution in [3.8, 4) is 5.75 Å². The third-order valence-corrected chi connectivity index (χ3v) is 5.04. The van der Waals surface area contributed by atoms with Crippen molar-refractivity contribution in [3.63, 3.8) is 0 Å². The van der Waals surface area contributed by atoms with Crippen LogP contribution in [0, 0.1) is 13.8 Å². The number of benzene rings is 2. The van der Waals surface area contributed by atoms with Gasteiger partial charge in [0.2, 0.25) is 0 Å². The van der Waals surface area contributed by atoms with E-state index in [-0.39, 0.29) is 5.91 Å². The summed E-state index contributed by atoms with van der Waals surface area (Å²) in [5, 5.41) is 0.688. The van der Waals surface area contributed by atoms with Gasteiger partial charge in [0.25, 0.3) is 5.91 Å². The van der Waals surface area contributed by atoms with Gasteiger partial charge in [-0.05, 0) is 66.6 Å². The van der Waals surface area contributed by atoms with Crippen LogP contribution in [0.1, 0.15) is 16.7 Å². The fourth-order valence-electron chi connectivity index (χ4n) is 2.48. The maximum atomic E-state index is 12.5. The highest BCUT2D eigenvalue weighted by Gasteiger charge is 2.30. The molecule has 128 valence electrons. The van der Waals surface area contributed by atoms with Crippen molar-refractivity contribution < 1.29 is 9.53 Å². The van der Waals surface area contributed by atoms with Gasteiger partial charge in [0.15, 0.2) is 5.17 Å². The van der Waals surface area contributed by atoms with Gasteiger partial charge in [0.05, 0.1) is 17.7 Å². The lowest BCUT2D eigenvalue weighted by Gasteiger charge is -2.08. The van der Waals surface area contributed by atoms with Gasteiger partial charge in [-0.2, -0.15) is 0 Å². The maximum Gasteiger partial charge on any atom is 0.266 e. The number of methoxy groups -OCH3 is 1. The lowest BCUT2D eigenvalue weighted by molar-refractivity contribution is -0.121. The number of carbonyl (C=O) groups excluding carboxylic acids is 1. The first-order chi connectivity index (χ1) is 12.0. The second-order valence-electron chi connectivity index (χ2n) is 5.94. The quantitative estimate of drug-likeness (QED) is 0.761. The van der Waals surface area contributed by atoms with E-state index >= 15 is 0 Å². The predicted octanol–water partition coefficient (Wildman–Crippen LogP) is 4.55. The number of likely N-dealkylation sites (N-methyl/N-ethyl adjacent to an activating group) is 1. The molecule has 0 spiro atoms. The topological polar surface area (TPSA) is 41.9 Å². The van der Waals surface area contributed by atoms with Gasteiger partial charge < -0.3 is 4.74 Å². The Labute approximate surface area is 152 Å². The van der Waals surface area contributed by atoms with E-state index in [1.54, 1.807) is 19.1 Å². The lowest BCUT2D eigenvalue weighted by Crippen LogP contribution is -2.23. The van der Waals surface area contributed by atoms with Gasteiger partial charge >= 0.3 is 0 Å². The third kappa shape index (κ3) is 3.77. The molecule has 5 heteroatoms. The summed E-state index contributed by atoms with van der Waals surface area (Å²) in [5.74, 6) is 0.722. The zero-order valence-corrected chi connectivity index (χ0v) is 15.6. The Morgan fingerprint density at radius 2 is 1.96 bits per heavy atom. The summed E-state index contributed by atoms with van der Waals surface area (Å²) in [6.45, 7) is 4.06. The van der Waals surface area contributed by atoms with Crippen LogP contribution >= 0.6 is 11.8 Å².